The van der Waals surface area contributed by atoms with Gasteiger partial charge in [0.25, 0.3) is 5.56 Å². The number of halogens is 4. The van der Waals surface area contributed by atoms with Crippen LogP contribution in [-0.4, -0.2) is 20.7 Å². The van der Waals surface area contributed by atoms with Gasteiger partial charge in [-0.1, -0.05) is 11.6 Å². The first-order valence-corrected chi connectivity index (χ1v) is 9.91. The van der Waals surface area contributed by atoms with Crippen molar-refractivity contribution in [3.63, 3.8) is 0 Å². The monoisotopic (exact) mass is 468 g/mol. The van der Waals surface area contributed by atoms with Gasteiger partial charge in [-0.05, 0) is 37.3 Å². The Morgan fingerprint density at radius 3 is 2.77 bits per heavy atom. The van der Waals surface area contributed by atoms with Gasteiger partial charge in [-0.25, -0.2) is 9.67 Å². The summed E-state index contributed by atoms with van der Waals surface area (Å²) in [5, 5.41) is 7.06. The van der Waals surface area contributed by atoms with Gasteiger partial charge in [0.2, 0.25) is 5.91 Å². The van der Waals surface area contributed by atoms with E-state index < -0.39 is 29.8 Å². The molecule has 0 aliphatic heterocycles. The molecular weight excluding hydrogens is 457 g/mol. The number of hydrogen-bond donors (Lipinski definition) is 1. The van der Waals surface area contributed by atoms with E-state index in [0.29, 0.717) is 21.2 Å². The molecule has 0 fully saturated rings. The average molecular weight is 469 g/mol. The number of aryl methyl sites for hydroxylation is 1. The number of hydrogen-bond acceptors (Lipinski definition) is 6. The maximum absolute atomic E-state index is 12.9. The van der Waals surface area contributed by atoms with Crippen LogP contribution in [0.2, 0.25) is 5.02 Å². The third-order valence-electron chi connectivity index (χ3n) is 4.22. The number of carbonyl (C=O) groups excluding carboxylic acids is 1. The normalized spacial score (nSPS) is 11.8. The Morgan fingerprint density at radius 1 is 1.32 bits per heavy atom. The molecule has 1 N–H and O–H groups in total. The van der Waals surface area contributed by atoms with Gasteiger partial charge in [0.05, 0.1) is 32.2 Å². The van der Waals surface area contributed by atoms with Crippen LogP contribution in [0.1, 0.15) is 10.6 Å². The highest BCUT2D eigenvalue weighted by Gasteiger charge is 2.31. The zero-order valence-electron chi connectivity index (χ0n) is 15.7. The van der Waals surface area contributed by atoms with Crippen molar-refractivity contribution in [1.29, 1.82) is 0 Å². The molecule has 0 radical (unpaired) electrons. The van der Waals surface area contributed by atoms with Crippen LogP contribution in [0.5, 0.6) is 0 Å². The largest absolute Gasteiger partial charge is 0.463 e. The van der Waals surface area contributed by atoms with Crippen molar-refractivity contribution >= 4 is 44.7 Å². The SMILES string of the molecule is Cc1nc2c(=O)n(CC(=O)Nc3cc(C(F)(F)F)ccc3Cl)nc(-c3ccco3)c2s1. The molecule has 160 valence electrons. The van der Waals surface area contributed by atoms with Crippen LogP contribution in [0.25, 0.3) is 21.7 Å². The fourth-order valence-electron chi connectivity index (χ4n) is 2.87. The molecule has 0 saturated heterocycles. The second-order valence-electron chi connectivity index (χ2n) is 6.44. The Bertz CT molecular complexity index is 1350. The molecule has 4 aromatic rings. The summed E-state index contributed by atoms with van der Waals surface area (Å²) in [6.07, 6.45) is -3.16. The van der Waals surface area contributed by atoms with Crippen molar-refractivity contribution in [2.75, 3.05) is 5.32 Å². The summed E-state index contributed by atoms with van der Waals surface area (Å²) in [5.41, 5.74) is -1.36. The highest BCUT2D eigenvalue weighted by molar-refractivity contribution is 7.19. The first-order chi connectivity index (χ1) is 14.6. The quantitative estimate of drug-likeness (QED) is 0.467. The summed E-state index contributed by atoms with van der Waals surface area (Å²) >= 11 is 7.17. The summed E-state index contributed by atoms with van der Waals surface area (Å²) in [6, 6.07) is 5.85. The number of rotatable bonds is 4. The fraction of sp³-hybridized carbons (Fsp3) is 0.158. The van der Waals surface area contributed by atoms with E-state index in [1.807, 2.05) is 0 Å². The van der Waals surface area contributed by atoms with Crippen LogP contribution in [0.15, 0.2) is 45.8 Å². The predicted molar refractivity (Wildman–Crippen MR) is 109 cm³/mol. The first-order valence-electron chi connectivity index (χ1n) is 8.72. The van der Waals surface area contributed by atoms with Gasteiger partial charge in [0.15, 0.2) is 11.3 Å². The van der Waals surface area contributed by atoms with E-state index in [1.54, 1.807) is 19.1 Å². The number of amides is 1. The second kappa shape index (κ2) is 7.82. The Morgan fingerprint density at radius 2 is 2.10 bits per heavy atom. The second-order valence-corrected chi connectivity index (χ2v) is 8.05. The van der Waals surface area contributed by atoms with E-state index in [0.717, 1.165) is 22.9 Å². The maximum atomic E-state index is 12.9. The smallest absolute Gasteiger partial charge is 0.416 e. The molecule has 0 aliphatic carbocycles. The molecule has 0 atom stereocenters. The predicted octanol–water partition coefficient (Wildman–Crippen LogP) is 4.73. The molecule has 7 nitrogen and oxygen atoms in total. The first kappa shape index (κ1) is 21.1. The lowest BCUT2D eigenvalue weighted by molar-refractivity contribution is -0.137. The Hall–Kier alpha value is -3.18. The van der Waals surface area contributed by atoms with Crippen molar-refractivity contribution in [1.82, 2.24) is 14.8 Å². The Balaban J connectivity index is 1.69. The zero-order valence-corrected chi connectivity index (χ0v) is 17.2. The lowest BCUT2D eigenvalue weighted by Crippen LogP contribution is -2.30. The van der Waals surface area contributed by atoms with E-state index in [9.17, 15) is 22.8 Å². The molecule has 3 heterocycles. The average Bonchev–Trinajstić information content (AvgIpc) is 3.35. The fourth-order valence-corrected chi connectivity index (χ4v) is 3.94. The highest BCUT2D eigenvalue weighted by Crippen LogP contribution is 2.34. The van der Waals surface area contributed by atoms with Gasteiger partial charge >= 0.3 is 6.18 Å². The summed E-state index contributed by atoms with van der Waals surface area (Å²) < 4.78 is 45.6. The molecule has 3 aromatic heterocycles. The molecule has 0 aliphatic rings. The van der Waals surface area contributed by atoms with E-state index in [4.69, 9.17) is 16.0 Å². The number of fused-ring (bicyclic) bond motifs is 1. The molecule has 12 heteroatoms. The van der Waals surface area contributed by atoms with E-state index in [1.165, 1.54) is 17.6 Å². The number of thiazole rings is 1. The molecule has 0 unspecified atom stereocenters. The lowest BCUT2D eigenvalue weighted by atomic mass is 10.2. The Labute approximate surface area is 181 Å². The summed E-state index contributed by atoms with van der Waals surface area (Å²) in [4.78, 5) is 29.5. The van der Waals surface area contributed by atoms with Gasteiger partial charge in [-0.2, -0.15) is 18.3 Å². The molecule has 31 heavy (non-hydrogen) atoms. The number of benzene rings is 1. The molecule has 0 spiro atoms. The standard InChI is InChI=1S/C19H12ClF3N4O3S/c1-9-24-16-17(31-9)15(13-3-2-6-30-13)26-27(18(16)29)8-14(28)25-12-7-10(19(21,22)23)4-5-11(12)20/h2-7H,8H2,1H3,(H,25,28). The number of aromatic nitrogens is 3. The zero-order chi connectivity index (χ0) is 22.3. The summed E-state index contributed by atoms with van der Waals surface area (Å²) in [7, 11) is 0. The van der Waals surface area contributed by atoms with E-state index in [-0.39, 0.29) is 16.2 Å². The molecule has 1 aromatic carbocycles. The van der Waals surface area contributed by atoms with Crippen molar-refractivity contribution in [3.05, 3.63) is 62.5 Å². The molecule has 0 saturated carbocycles. The lowest BCUT2D eigenvalue weighted by Gasteiger charge is -2.12. The van der Waals surface area contributed by atoms with E-state index in [2.05, 4.69) is 15.4 Å². The maximum Gasteiger partial charge on any atom is 0.416 e. The van der Waals surface area contributed by atoms with Crippen LogP contribution in [0, 0.1) is 6.92 Å². The van der Waals surface area contributed by atoms with Crippen molar-refractivity contribution in [2.24, 2.45) is 0 Å². The van der Waals surface area contributed by atoms with Gasteiger partial charge in [-0.3, -0.25) is 9.59 Å². The minimum Gasteiger partial charge on any atom is -0.463 e. The van der Waals surface area contributed by atoms with E-state index >= 15 is 0 Å². The molecule has 1 amide bonds. The van der Waals surface area contributed by atoms with Crippen molar-refractivity contribution in [3.8, 4) is 11.5 Å². The summed E-state index contributed by atoms with van der Waals surface area (Å²) in [6.45, 7) is 1.16. The molecule has 0 bridgehead atoms. The summed E-state index contributed by atoms with van der Waals surface area (Å²) in [5.74, 6) is -0.406. The van der Waals surface area contributed by atoms with Gasteiger partial charge < -0.3 is 9.73 Å². The molecule has 4 rings (SSSR count). The minimum atomic E-state index is -4.60. The molecular formula is C19H12ClF3N4O3S. The number of carbonyl (C=O) groups is 1. The van der Waals surface area contributed by atoms with Gasteiger partial charge in [0, 0.05) is 0 Å². The van der Waals surface area contributed by atoms with Gasteiger partial charge in [0.1, 0.15) is 12.2 Å². The van der Waals surface area contributed by atoms with Crippen LogP contribution in [0.3, 0.4) is 0 Å². The third kappa shape index (κ3) is 4.19. The number of alkyl halides is 3. The topological polar surface area (TPSA) is 90.0 Å². The van der Waals surface area contributed by atoms with Crippen LogP contribution < -0.4 is 10.9 Å². The third-order valence-corrected chi connectivity index (χ3v) is 5.53. The number of nitrogens with one attached hydrogen (secondary N) is 1. The minimum absolute atomic E-state index is 0.0801. The van der Waals surface area contributed by atoms with Crippen LogP contribution >= 0.6 is 22.9 Å². The van der Waals surface area contributed by atoms with Crippen LogP contribution in [0.4, 0.5) is 18.9 Å². The van der Waals surface area contributed by atoms with Crippen molar-refractivity contribution < 1.29 is 22.4 Å². The number of anilines is 1. The highest BCUT2D eigenvalue weighted by atomic mass is 35.5. The number of nitrogens with zero attached hydrogens (tertiary/aromatic N) is 3. The number of furan rings is 1. The van der Waals surface area contributed by atoms with Crippen molar-refractivity contribution in [2.45, 2.75) is 19.6 Å². The van der Waals surface area contributed by atoms with Gasteiger partial charge in [-0.15, -0.1) is 11.3 Å². The Kier molecular flexibility index (Phi) is 5.31. The van der Waals surface area contributed by atoms with Crippen LogP contribution in [-0.2, 0) is 17.5 Å².